The summed E-state index contributed by atoms with van der Waals surface area (Å²) in [4.78, 5) is 23.8. The van der Waals surface area contributed by atoms with Crippen LogP contribution in [0, 0.1) is 13.8 Å². The van der Waals surface area contributed by atoms with Gasteiger partial charge in [-0.05, 0) is 55.5 Å². The first kappa shape index (κ1) is 24.0. The summed E-state index contributed by atoms with van der Waals surface area (Å²) in [5.41, 5.74) is 4.10. The van der Waals surface area contributed by atoms with Crippen molar-refractivity contribution in [2.75, 3.05) is 50.5 Å². The number of halogens is 1. The number of benzene rings is 2. The summed E-state index contributed by atoms with van der Waals surface area (Å²) in [5, 5.41) is 0.770. The maximum atomic E-state index is 13.6. The number of carbonyl (C=O) groups excluding carboxylic acids is 1. The molecule has 0 atom stereocenters. The van der Waals surface area contributed by atoms with E-state index < -0.39 is 0 Å². The van der Waals surface area contributed by atoms with E-state index in [2.05, 4.69) is 30.9 Å². The molecule has 0 aliphatic carbocycles. The summed E-state index contributed by atoms with van der Waals surface area (Å²) < 4.78 is 6.58. The van der Waals surface area contributed by atoms with E-state index in [-0.39, 0.29) is 18.3 Å². The highest BCUT2D eigenvalue weighted by molar-refractivity contribution is 7.98. The van der Waals surface area contributed by atoms with E-state index in [1.165, 1.54) is 11.1 Å². The zero-order valence-electron chi connectivity index (χ0n) is 18.1. The van der Waals surface area contributed by atoms with E-state index in [1.807, 2.05) is 35.4 Å². The van der Waals surface area contributed by atoms with Crippen LogP contribution in [0.1, 0.15) is 21.5 Å². The highest BCUT2D eigenvalue weighted by atomic mass is 35.5. The van der Waals surface area contributed by atoms with Gasteiger partial charge < -0.3 is 4.74 Å². The molecule has 1 amide bonds. The molecule has 31 heavy (non-hydrogen) atoms. The fourth-order valence-electron chi connectivity index (χ4n) is 3.59. The molecule has 0 radical (unpaired) electrons. The molecule has 1 aliphatic heterocycles. The second-order valence-corrected chi connectivity index (χ2v) is 9.38. The predicted molar refractivity (Wildman–Crippen MR) is 134 cm³/mol. The summed E-state index contributed by atoms with van der Waals surface area (Å²) in [6.07, 6.45) is 2.03. The van der Waals surface area contributed by atoms with Crippen molar-refractivity contribution < 1.29 is 9.53 Å². The molecule has 0 bridgehead atoms. The first-order valence-corrected chi connectivity index (χ1v) is 12.2. The predicted octanol–water partition coefficient (Wildman–Crippen LogP) is 5.04. The molecule has 1 saturated heterocycles. The molecule has 0 unspecified atom stereocenters. The van der Waals surface area contributed by atoms with Gasteiger partial charge in [-0.1, -0.05) is 23.5 Å². The molecule has 166 valence electrons. The Balaban J connectivity index is 0.00000272. The monoisotopic (exact) mass is 477 g/mol. The highest BCUT2D eigenvalue weighted by Crippen LogP contribution is 2.33. The molecule has 0 spiro atoms. The summed E-state index contributed by atoms with van der Waals surface area (Å²) in [7, 11) is 0. The number of carbonyl (C=O) groups is 1. The molecule has 5 nitrogen and oxygen atoms in total. The Morgan fingerprint density at radius 2 is 2.00 bits per heavy atom. The maximum absolute atomic E-state index is 13.6. The molecule has 0 N–H and O–H groups in total. The third kappa shape index (κ3) is 5.41. The van der Waals surface area contributed by atoms with Gasteiger partial charge in [0.15, 0.2) is 5.13 Å². The van der Waals surface area contributed by atoms with Crippen LogP contribution in [0.2, 0.25) is 0 Å². The molecule has 1 aliphatic rings. The van der Waals surface area contributed by atoms with Crippen LogP contribution in [-0.2, 0) is 4.74 Å². The number of rotatable bonds is 6. The van der Waals surface area contributed by atoms with Gasteiger partial charge in [-0.3, -0.25) is 14.6 Å². The van der Waals surface area contributed by atoms with Gasteiger partial charge in [-0.15, -0.1) is 24.2 Å². The van der Waals surface area contributed by atoms with E-state index in [0.29, 0.717) is 12.1 Å². The normalized spacial score (nSPS) is 14.4. The van der Waals surface area contributed by atoms with Crippen molar-refractivity contribution in [3.63, 3.8) is 0 Å². The van der Waals surface area contributed by atoms with Crippen molar-refractivity contribution >= 4 is 56.8 Å². The molecule has 0 saturated carbocycles. The van der Waals surface area contributed by atoms with Crippen LogP contribution in [-0.4, -0.2) is 61.4 Å². The van der Waals surface area contributed by atoms with Crippen LogP contribution in [0.4, 0.5) is 5.13 Å². The fraction of sp³-hybridized carbons (Fsp3) is 0.391. The number of thioether (sulfide) groups is 1. The lowest BCUT2D eigenvalue weighted by molar-refractivity contribution is 0.0391. The van der Waals surface area contributed by atoms with Crippen LogP contribution < -0.4 is 4.90 Å². The van der Waals surface area contributed by atoms with Crippen LogP contribution in [0.3, 0.4) is 0 Å². The number of anilines is 1. The summed E-state index contributed by atoms with van der Waals surface area (Å²) in [6.45, 7) is 8.94. The third-order valence-corrected chi connectivity index (χ3v) is 7.38. The van der Waals surface area contributed by atoms with Gasteiger partial charge in [0.25, 0.3) is 5.91 Å². The molecule has 1 fully saturated rings. The van der Waals surface area contributed by atoms with E-state index >= 15 is 0 Å². The molecule has 2 aromatic carbocycles. The van der Waals surface area contributed by atoms with E-state index in [0.717, 1.165) is 53.1 Å². The van der Waals surface area contributed by atoms with Crippen molar-refractivity contribution in [1.82, 2.24) is 9.88 Å². The van der Waals surface area contributed by atoms with Gasteiger partial charge in [0.1, 0.15) is 0 Å². The molecule has 8 heteroatoms. The number of nitrogens with zero attached hydrogens (tertiary/aromatic N) is 3. The Morgan fingerprint density at radius 1 is 1.23 bits per heavy atom. The van der Waals surface area contributed by atoms with Gasteiger partial charge in [0.2, 0.25) is 0 Å². The third-order valence-electron chi connectivity index (χ3n) is 5.61. The number of ether oxygens (including phenoxy) is 1. The maximum Gasteiger partial charge on any atom is 0.260 e. The van der Waals surface area contributed by atoms with Gasteiger partial charge in [0, 0.05) is 36.6 Å². The van der Waals surface area contributed by atoms with Crippen molar-refractivity contribution in [2.45, 2.75) is 18.7 Å². The Labute approximate surface area is 198 Å². The number of amides is 1. The minimum atomic E-state index is 0. The largest absolute Gasteiger partial charge is 0.379 e. The first-order chi connectivity index (χ1) is 14.6. The molecule has 1 aromatic heterocycles. The topological polar surface area (TPSA) is 45.7 Å². The van der Waals surface area contributed by atoms with Gasteiger partial charge in [-0.25, -0.2) is 4.98 Å². The number of morpholine rings is 1. The second kappa shape index (κ2) is 10.8. The Kier molecular flexibility index (Phi) is 8.36. The zero-order chi connectivity index (χ0) is 21.1. The number of thiazole rings is 1. The number of aryl methyl sites for hydroxylation is 2. The zero-order valence-corrected chi connectivity index (χ0v) is 20.5. The Hall–Kier alpha value is -1.64. The van der Waals surface area contributed by atoms with Crippen LogP contribution in [0.15, 0.2) is 41.3 Å². The number of hydrogen-bond acceptors (Lipinski definition) is 6. The molecule has 3 aromatic rings. The lowest BCUT2D eigenvalue weighted by atomic mass is 10.1. The average molecular weight is 478 g/mol. The van der Waals surface area contributed by atoms with Crippen molar-refractivity contribution in [3.05, 3.63) is 53.1 Å². The summed E-state index contributed by atoms with van der Waals surface area (Å²) >= 11 is 3.24. The van der Waals surface area contributed by atoms with E-state index in [9.17, 15) is 4.79 Å². The lowest BCUT2D eigenvalue weighted by Crippen LogP contribution is -2.43. The molecule has 2 heterocycles. The van der Waals surface area contributed by atoms with Crippen LogP contribution in [0.5, 0.6) is 0 Å². The smallest absolute Gasteiger partial charge is 0.260 e. The standard InChI is InChI=1S/C23H27N3O2S2.ClH/c1-16-7-8-20-21(17(16)2)24-23(30-20)26(10-9-25-11-13-28-14-12-25)22(27)18-5-4-6-19(15-18)29-3;/h4-8,15H,9-14H2,1-3H3;1H. The second-order valence-electron chi connectivity index (χ2n) is 7.49. The SMILES string of the molecule is CSc1cccc(C(=O)N(CCN2CCOCC2)c2nc3c(C)c(C)ccc3s2)c1.Cl. The quantitative estimate of drug-likeness (QED) is 0.465. The van der Waals surface area contributed by atoms with Crippen LogP contribution in [0.25, 0.3) is 10.2 Å². The minimum absolute atomic E-state index is 0. The fourth-order valence-corrected chi connectivity index (χ4v) is 5.10. The minimum Gasteiger partial charge on any atom is -0.379 e. The molecule has 4 rings (SSSR count). The number of hydrogen-bond donors (Lipinski definition) is 0. The van der Waals surface area contributed by atoms with Crippen molar-refractivity contribution in [1.29, 1.82) is 0 Å². The summed E-state index contributed by atoms with van der Waals surface area (Å²) in [5.74, 6) is 0.00703. The van der Waals surface area contributed by atoms with E-state index in [4.69, 9.17) is 9.72 Å². The van der Waals surface area contributed by atoms with Crippen LogP contribution >= 0.6 is 35.5 Å². The van der Waals surface area contributed by atoms with Gasteiger partial charge >= 0.3 is 0 Å². The lowest BCUT2D eigenvalue weighted by Gasteiger charge is -2.29. The van der Waals surface area contributed by atoms with Gasteiger partial charge in [-0.2, -0.15) is 0 Å². The molecular weight excluding hydrogens is 450 g/mol. The summed E-state index contributed by atoms with van der Waals surface area (Å²) in [6, 6.07) is 12.1. The van der Waals surface area contributed by atoms with Crippen molar-refractivity contribution in [2.24, 2.45) is 0 Å². The first-order valence-electron chi connectivity index (χ1n) is 10.2. The highest BCUT2D eigenvalue weighted by Gasteiger charge is 2.23. The molecular formula is C23H28ClN3O2S2. The average Bonchev–Trinajstić information content (AvgIpc) is 3.22. The number of aromatic nitrogens is 1. The number of fused-ring (bicyclic) bond motifs is 1. The Morgan fingerprint density at radius 3 is 2.74 bits per heavy atom. The van der Waals surface area contributed by atoms with Gasteiger partial charge in [0.05, 0.1) is 23.4 Å². The van der Waals surface area contributed by atoms with E-state index in [1.54, 1.807) is 23.1 Å². The Bertz CT molecular complexity index is 1050. The van der Waals surface area contributed by atoms with Crippen molar-refractivity contribution in [3.8, 4) is 0 Å².